The van der Waals surface area contributed by atoms with Crippen LogP contribution in [0, 0.1) is 5.92 Å². The number of urea groups is 1. The molecule has 2 aliphatic rings. The number of hydrogen-bond acceptors (Lipinski definition) is 3. The lowest BCUT2D eigenvalue weighted by Gasteiger charge is -2.33. The summed E-state index contributed by atoms with van der Waals surface area (Å²) in [6.45, 7) is 2.33. The number of rotatable bonds is 3. The van der Waals surface area contributed by atoms with Crippen LogP contribution >= 0.6 is 0 Å². The number of hydrogen-bond donors (Lipinski definition) is 2. The monoisotopic (exact) mass is 316 g/mol. The molecule has 0 unspecified atom stereocenters. The molecule has 1 saturated carbocycles. The molecule has 3 amide bonds. The average molecular weight is 316 g/mol. The first-order chi connectivity index (χ1) is 10.9. The SMILES string of the molecule is CC1CCC2(CC1)NC(=O)N(Cc1ccc(C(=O)O)cc1)C2=O. The summed E-state index contributed by atoms with van der Waals surface area (Å²) in [7, 11) is 0. The summed E-state index contributed by atoms with van der Waals surface area (Å²) in [5, 5.41) is 11.8. The van der Waals surface area contributed by atoms with Gasteiger partial charge in [-0.25, -0.2) is 9.59 Å². The number of carboxylic acids is 1. The first-order valence-corrected chi connectivity index (χ1v) is 7.88. The second kappa shape index (κ2) is 5.68. The lowest BCUT2D eigenvalue weighted by molar-refractivity contribution is -0.133. The van der Waals surface area contributed by atoms with Gasteiger partial charge in [0, 0.05) is 0 Å². The molecule has 1 aromatic rings. The second-order valence-corrected chi connectivity index (χ2v) is 6.59. The Morgan fingerprint density at radius 2 is 1.87 bits per heavy atom. The minimum Gasteiger partial charge on any atom is -0.478 e. The fourth-order valence-corrected chi connectivity index (χ4v) is 3.35. The molecule has 23 heavy (non-hydrogen) atoms. The molecule has 0 aromatic heterocycles. The fourth-order valence-electron chi connectivity index (χ4n) is 3.35. The van der Waals surface area contributed by atoms with E-state index in [1.54, 1.807) is 12.1 Å². The van der Waals surface area contributed by atoms with Gasteiger partial charge in [0.2, 0.25) is 0 Å². The van der Waals surface area contributed by atoms with Crippen molar-refractivity contribution < 1.29 is 19.5 Å². The number of benzene rings is 1. The first-order valence-electron chi connectivity index (χ1n) is 7.88. The van der Waals surface area contributed by atoms with Gasteiger partial charge in [0.15, 0.2) is 0 Å². The standard InChI is InChI=1S/C17H20N2O4/c1-11-6-8-17(9-7-11)15(22)19(16(23)18-17)10-12-2-4-13(5-3-12)14(20)21/h2-5,11H,6-10H2,1H3,(H,18,23)(H,20,21). The first kappa shape index (κ1) is 15.5. The quantitative estimate of drug-likeness (QED) is 0.838. The maximum atomic E-state index is 12.7. The molecule has 6 heteroatoms. The number of aromatic carboxylic acids is 1. The van der Waals surface area contributed by atoms with Crippen LogP contribution in [0.3, 0.4) is 0 Å². The molecule has 6 nitrogen and oxygen atoms in total. The summed E-state index contributed by atoms with van der Waals surface area (Å²) in [5.74, 6) is -0.568. The minimum atomic E-state index is -0.998. The molecular weight excluding hydrogens is 296 g/mol. The third-order valence-corrected chi connectivity index (χ3v) is 4.92. The molecule has 122 valence electrons. The van der Waals surface area contributed by atoms with Gasteiger partial charge < -0.3 is 10.4 Å². The average Bonchev–Trinajstić information content (AvgIpc) is 2.75. The zero-order chi connectivity index (χ0) is 16.6. The highest BCUT2D eigenvalue weighted by atomic mass is 16.4. The second-order valence-electron chi connectivity index (χ2n) is 6.59. The van der Waals surface area contributed by atoms with E-state index in [2.05, 4.69) is 12.2 Å². The van der Waals surface area contributed by atoms with E-state index in [4.69, 9.17) is 5.11 Å². The van der Waals surface area contributed by atoms with E-state index in [0.717, 1.165) is 18.4 Å². The highest BCUT2D eigenvalue weighted by Crippen LogP contribution is 2.36. The van der Waals surface area contributed by atoms with Crippen LogP contribution in [-0.4, -0.2) is 33.5 Å². The smallest absolute Gasteiger partial charge is 0.335 e. The molecule has 3 rings (SSSR count). The minimum absolute atomic E-state index is 0.156. The van der Waals surface area contributed by atoms with E-state index < -0.39 is 11.5 Å². The Labute approximate surface area is 134 Å². The lowest BCUT2D eigenvalue weighted by atomic mass is 9.77. The predicted octanol–water partition coefficient (Wildman–Crippen LogP) is 2.39. The van der Waals surface area contributed by atoms with E-state index in [1.807, 2.05) is 0 Å². The summed E-state index contributed by atoms with van der Waals surface area (Å²) in [4.78, 5) is 37.0. The van der Waals surface area contributed by atoms with Crippen LogP contribution in [0.15, 0.2) is 24.3 Å². The molecule has 1 aliphatic heterocycles. The molecule has 1 aromatic carbocycles. The van der Waals surface area contributed by atoms with E-state index >= 15 is 0 Å². The van der Waals surface area contributed by atoms with Gasteiger partial charge in [0.05, 0.1) is 12.1 Å². The fraction of sp³-hybridized carbons (Fsp3) is 0.471. The number of carbonyl (C=O) groups excluding carboxylic acids is 2. The zero-order valence-corrected chi connectivity index (χ0v) is 13.0. The Kier molecular flexibility index (Phi) is 3.83. The number of amides is 3. The molecular formula is C17H20N2O4. The van der Waals surface area contributed by atoms with Crippen LogP contribution in [-0.2, 0) is 11.3 Å². The maximum absolute atomic E-state index is 12.7. The Morgan fingerprint density at radius 3 is 2.43 bits per heavy atom. The van der Waals surface area contributed by atoms with Crippen molar-refractivity contribution in [2.45, 2.75) is 44.7 Å². The van der Waals surface area contributed by atoms with Gasteiger partial charge in [-0.3, -0.25) is 9.69 Å². The summed E-state index contributed by atoms with van der Waals surface area (Å²) in [6, 6.07) is 5.88. The van der Waals surface area contributed by atoms with Crippen LogP contribution in [0.1, 0.15) is 48.5 Å². The lowest BCUT2D eigenvalue weighted by Crippen LogP contribution is -2.49. The predicted molar refractivity (Wildman–Crippen MR) is 82.8 cm³/mol. The Bertz CT molecular complexity index is 645. The van der Waals surface area contributed by atoms with Gasteiger partial charge in [0.25, 0.3) is 5.91 Å². The van der Waals surface area contributed by atoms with Crippen LogP contribution in [0.5, 0.6) is 0 Å². The van der Waals surface area contributed by atoms with Crippen molar-refractivity contribution >= 4 is 17.9 Å². The normalized spacial score (nSPS) is 27.3. The summed E-state index contributed by atoms with van der Waals surface area (Å²) in [5.41, 5.74) is 0.188. The van der Waals surface area contributed by atoms with E-state index in [-0.39, 0.29) is 24.0 Å². The summed E-state index contributed by atoms with van der Waals surface area (Å²) in [6.07, 6.45) is 3.25. The largest absolute Gasteiger partial charge is 0.478 e. The van der Waals surface area contributed by atoms with Gasteiger partial charge in [0.1, 0.15) is 5.54 Å². The van der Waals surface area contributed by atoms with Gasteiger partial charge in [-0.05, 0) is 49.3 Å². The van der Waals surface area contributed by atoms with Crippen molar-refractivity contribution in [1.29, 1.82) is 0 Å². The van der Waals surface area contributed by atoms with Crippen molar-refractivity contribution in [3.63, 3.8) is 0 Å². The van der Waals surface area contributed by atoms with Crippen molar-refractivity contribution in [2.75, 3.05) is 0 Å². The Balaban J connectivity index is 1.74. The van der Waals surface area contributed by atoms with Crippen LogP contribution in [0.25, 0.3) is 0 Å². The molecule has 1 saturated heterocycles. The molecule has 2 fully saturated rings. The Morgan fingerprint density at radius 1 is 1.26 bits per heavy atom. The Hall–Kier alpha value is -2.37. The molecule has 1 heterocycles. The maximum Gasteiger partial charge on any atom is 0.335 e. The third-order valence-electron chi connectivity index (χ3n) is 4.92. The highest BCUT2D eigenvalue weighted by molar-refractivity contribution is 6.07. The van der Waals surface area contributed by atoms with E-state index in [9.17, 15) is 14.4 Å². The summed E-state index contributed by atoms with van der Waals surface area (Å²) < 4.78 is 0. The van der Waals surface area contributed by atoms with Crippen molar-refractivity contribution in [3.8, 4) is 0 Å². The van der Waals surface area contributed by atoms with Crippen molar-refractivity contribution in [3.05, 3.63) is 35.4 Å². The van der Waals surface area contributed by atoms with E-state index in [1.165, 1.54) is 17.0 Å². The van der Waals surface area contributed by atoms with Crippen LogP contribution in [0.4, 0.5) is 4.79 Å². The third kappa shape index (κ3) is 2.81. The van der Waals surface area contributed by atoms with Gasteiger partial charge in [-0.1, -0.05) is 19.1 Å². The molecule has 1 aliphatic carbocycles. The number of carbonyl (C=O) groups is 3. The van der Waals surface area contributed by atoms with Crippen molar-refractivity contribution in [2.24, 2.45) is 5.92 Å². The molecule has 0 atom stereocenters. The zero-order valence-electron chi connectivity index (χ0n) is 13.0. The highest BCUT2D eigenvalue weighted by Gasteiger charge is 2.51. The number of imide groups is 1. The van der Waals surface area contributed by atoms with Gasteiger partial charge >= 0.3 is 12.0 Å². The summed E-state index contributed by atoms with van der Waals surface area (Å²) >= 11 is 0. The number of carboxylic acid groups (broad SMARTS) is 1. The molecule has 0 bridgehead atoms. The van der Waals surface area contributed by atoms with Crippen LogP contribution in [0.2, 0.25) is 0 Å². The molecule has 1 spiro atoms. The van der Waals surface area contributed by atoms with Crippen LogP contribution < -0.4 is 5.32 Å². The van der Waals surface area contributed by atoms with E-state index in [0.29, 0.717) is 18.8 Å². The van der Waals surface area contributed by atoms with Gasteiger partial charge in [-0.2, -0.15) is 0 Å². The van der Waals surface area contributed by atoms with Gasteiger partial charge in [-0.15, -0.1) is 0 Å². The number of nitrogens with one attached hydrogen (secondary N) is 1. The number of nitrogens with zero attached hydrogens (tertiary/aromatic N) is 1. The van der Waals surface area contributed by atoms with Crippen molar-refractivity contribution in [1.82, 2.24) is 10.2 Å². The molecule has 0 radical (unpaired) electrons. The molecule has 2 N–H and O–H groups in total. The topological polar surface area (TPSA) is 86.7 Å².